The van der Waals surface area contributed by atoms with E-state index in [0.29, 0.717) is 42.2 Å². The lowest BCUT2D eigenvalue weighted by molar-refractivity contribution is 0.171. The van der Waals surface area contributed by atoms with Crippen LogP contribution in [0.3, 0.4) is 0 Å². The Labute approximate surface area is 139 Å². The maximum Gasteiger partial charge on any atom is 0.277 e. The Morgan fingerprint density at radius 1 is 1.13 bits per heavy atom. The molecule has 6 nitrogen and oxygen atoms in total. The first-order valence-electron chi connectivity index (χ1n) is 7.13. The second-order valence-electron chi connectivity index (χ2n) is 5.16. The average molecular weight is 374 g/mol. The number of benzene rings is 2. The van der Waals surface area contributed by atoms with Crippen molar-refractivity contribution in [3.63, 3.8) is 0 Å². The third-order valence-electron chi connectivity index (χ3n) is 3.66. The third-order valence-corrected chi connectivity index (χ3v) is 4.40. The van der Waals surface area contributed by atoms with E-state index in [4.69, 9.17) is 9.47 Å². The van der Waals surface area contributed by atoms with Crippen LogP contribution in [0.5, 0.6) is 11.5 Å². The Morgan fingerprint density at radius 2 is 1.87 bits per heavy atom. The molecule has 0 unspecified atom stereocenters. The standard InChI is InChI=1S/C16H12BrN3O3/c17-12-8-15-14(22-5-6-23-15)7-10(12)9-20-16(21)11-3-1-2-4-13(11)18-19-20/h1-4,7-8H,5-6,9H2. The fourth-order valence-electron chi connectivity index (χ4n) is 2.52. The Bertz CT molecular complexity index is 955. The molecule has 23 heavy (non-hydrogen) atoms. The minimum Gasteiger partial charge on any atom is -0.486 e. The first kappa shape index (κ1) is 14.2. The first-order chi connectivity index (χ1) is 11.2. The van der Waals surface area contributed by atoms with E-state index in [2.05, 4.69) is 26.2 Å². The monoisotopic (exact) mass is 373 g/mol. The van der Waals surface area contributed by atoms with Gasteiger partial charge in [0.15, 0.2) is 11.5 Å². The van der Waals surface area contributed by atoms with E-state index in [0.717, 1.165) is 10.0 Å². The van der Waals surface area contributed by atoms with Gasteiger partial charge in [0, 0.05) is 4.47 Å². The maximum absolute atomic E-state index is 12.5. The highest BCUT2D eigenvalue weighted by Gasteiger charge is 2.16. The van der Waals surface area contributed by atoms with Crippen LogP contribution in [0, 0.1) is 0 Å². The van der Waals surface area contributed by atoms with E-state index >= 15 is 0 Å². The molecule has 4 rings (SSSR count). The summed E-state index contributed by atoms with van der Waals surface area (Å²) in [4.78, 5) is 12.5. The van der Waals surface area contributed by atoms with Crippen molar-refractivity contribution in [2.75, 3.05) is 13.2 Å². The summed E-state index contributed by atoms with van der Waals surface area (Å²) in [5, 5.41) is 8.67. The molecule has 0 radical (unpaired) electrons. The van der Waals surface area contributed by atoms with Crippen molar-refractivity contribution in [2.45, 2.75) is 6.54 Å². The van der Waals surface area contributed by atoms with Crippen LogP contribution in [0.1, 0.15) is 5.56 Å². The maximum atomic E-state index is 12.5. The summed E-state index contributed by atoms with van der Waals surface area (Å²) in [6.07, 6.45) is 0. The van der Waals surface area contributed by atoms with Crippen molar-refractivity contribution >= 4 is 26.8 Å². The average Bonchev–Trinajstić information content (AvgIpc) is 2.58. The van der Waals surface area contributed by atoms with Gasteiger partial charge in [-0.05, 0) is 29.8 Å². The van der Waals surface area contributed by atoms with Gasteiger partial charge in [-0.3, -0.25) is 4.79 Å². The zero-order chi connectivity index (χ0) is 15.8. The zero-order valence-corrected chi connectivity index (χ0v) is 13.6. The molecule has 1 aliphatic rings. The summed E-state index contributed by atoms with van der Waals surface area (Å²) in [5.74, 6) is 1.38. The van der Waals surface area contributed by atoms with Gasteiger partial charge in [0.05, 0.1) is 11.9 Å². The topological polar surface area (TPSA) is 66.2 Å². The molecule has 116 valence electrons. The highest BCUT2D eigenvalue weighted by atomic mass is 79.9. The predicted molar refractivity (Wildman–Crippen MR) is 88.0 cm³/mol. The molecule has 3 aromatic rings. The predicted octanol–water partition coefficient (Wildman–Crippen LogP) is 2.37. The van der Waals surface area contributed by atoms with Crippen molar-refractivity contribution in [3.8, 4) is 11.5 Å². The van der Waals surface area contributed by atoms with Gasteiger partial charge in [-0.1, -0.05) is 33.3 Å². The fraction of sp³-hybridized carbons (Fsp3) is 0.188. The van der Waals surface area contributed by atoms with Gasteiger partial charge in [0.25, 0.3) is 5.56 Å². The smallest absolute Gasteiger partial charge is 0.277 e. The minimum absolute atomic E-state index is 0.169. The van der Waals surface area contributed by atoms with Crippen LogP contribution in [0.4, 0.5) is 0 Å². The van der Waals surface area contributed by atoms with Crippen LogP contribution >= 0.6 is 15.9 Å². The van der Waals surface area contributed by atoms with Gasteiger partial charge in [-0.2, -0.15) is 0 Å². The van der Waals surface area contributed by atoms with Gasteiger partial charge < -0.3 is 9.47 Å². The van der Waals surface area contributed by atoms with Crippen molar-refractivity contribution in [3.05, 3.63) is 56.8 Å². The van der Waals surface area contributed by atoms with Gasteiger partial charge in [0.1, 0.15) is 18.7 Å². The molecule has 1 aromatic heterocycles. The Kier molecular flexibility index (Phi) is 3.49. The van der Waals surface area contributed by atoms with Crippen molar-refractivity contribution in [1.82, 2.24) is 15.0 Å². The number of halogens is 1. The first-order valence-corrected chi connectivity index (χ1v) is 7.92. The van der Waals surface area contributed by atoms with Gasteiger partial charge >= 0.3 is 0 Å². The SMILES string of the molecule is O=c1c2ccccc2nnn1Cc1cc2c(cc1Br)OCCO2. The Morgan fingerprint density at radius 3 is 2.70 bits per heavy atom. The summed E-state index contributed by atoms with van der Waals surface area (Å²) < 4.78 is 13.3. The molecular formula is C16H12BrN3O3. The molecule has 0 saturated heterocycles. The van der Waals surface area contributed by atoms with Crippen molar-refractivity contribution < 1.29 is 9.47 Å². The van der Waals surface area contributed by atoms with Crippen molar-refractivity contribution in [2.24, 2.45) is 0 Å². The second-order valence-corrected chi connectivity index (χ2v) is 6.01. The van der Waals surface area contributed by atoms with Gasteiger partial charge in [-0.15, -0.1) is 5.10 Å². The number of aromatic nitrogens is 3. The summed E-state index contributed by atoms with van der Waals surface area (Å²) in [6, 6.07) is 10.9. The largest absolute Gasteiger partial charge is 0.486 e. The van der Waals surface area contributed by atoms with E-state index in [-0.39, 0.29) is 5.56 Å². The normalized spacial score (nSPS) is 13.3. The number of hydrogen-bond donors (Lipinski definition) is 0. The van der Waals surface area contributed by atoms with Crippen LogP contribution in [0.15, 0.2) is 45.7 Å². The van der Waals surface area contributed by atoms with Crippen LogP contribution in [0.2, 0.25) is 0 Å². The minimum atomic E-state index is -0.169. The number of fused-ring (bicyclic) bond motifs is 2. The molecule has 0 atom stereocenters. The number of hydrogen-bond acceptors (Lipinski definition) is 5. The van der Waals surface area contributed by atoms with Crippen LogP contribution in [-0.4, -0.2) is 28.2 Å². The summed E-state index contributed by atoms with van der Waals surface area (Å²) in [5.41, 5.74) is 1.30. The number of ether oxygens (including phenoxy) is 2. The van der Waals surface area contributed by atoms with E-state index in [1.807, 2.05) is 24.3 Å². The van der Waals surface area contributed by atoms with E-state index < -0.39 is 0 Å². The molecule has 7 heteroatoms. The number of rotatable bonds is 2. The molecule has 0 spiro atoms. The third kappa shape index (κ3) is 2.57. The van der Waals surface area contributed by atoms with E-state index in [9.17, 15) is 4.79 Å². The second kappa shape index (κ2) is 5.66. The highest BCUT2D eigenvalue weighted by molar-refractivity contribution is 9.10. The lowest BCUT2D eigenvalue weighted by Gasteiger charge is -2.20. The molecular weight excluding hydrogens is 362 g/mol. The molecule has 2 aromatic carbocycles. The summed E-state index contributed by atoms with van der Waals surface area (Å²) in [7, 11) is 0. The Balaban J connectivity index is 1.76. The lowest BCUT2D eigenvalue weighted by Crippen LogP contribution is -2.25. The van der Waals surface area contributed by atoms with E-state index in [1.165, 1.54) is 4.68 Å². The van der Waals surface area contributed by atoms with Crippen LogP contribution < -0.4 is 15.0 Å². The molecule has 0 saturated carbocycles. The lowest BCUT2D eigenvalue weighted by atomic mass is 10.2. The van der Waals surface area contributed by atoms with Crippen molar-refractivity contribution in [1.29, 1.82) is 0 Å². The quantitative estimate of drug-likeness (QED) is 0.689. The van der Waals surface area contributed by atoms with Gasteiger partial charge in [-0.25, -0.2) is 4.68 Å². The molecule has 0 fully saturated rings. The molecule has 0 bridgehead atoms. The zero-order valence-electron chi connectivity index (χ0n) is 12.0. The fourth-order valence-corrected chi connectivity index (χ4v) is 2.96. The van der Waals surface area contributed by atoms with Crippen LogP contribution in [-0.2, 0) is 6.54 Å². The molecule has 0 N–H and O–H groups in total. The highest BCUT2D eigenvalue weighted by Crippen LogP contribution is 2.35. The summed E-state index contributed by atoms with van der Waals surface area (Å²) >= 11 is 3.51. The Hall–Kier alpha value is -2.41. The van der Waals surface area contributed by atoms with Gasteiger partial charge in [0.2, 0.25) is 0 Å². The summed E-state index contributed by atoms with van der Waals surface area (Å²) in [6.45, 7) is 1.35. The molecule has 2 heterocycles. The molecule has 0 amide bonds. The molecule has 1 aliphatic heterocycles. The van der Waals surface area contributed by atoms with Crippen LogP contribution in [0.25, 0.3) is 10.9 Å². The molecule has 0 aliphatic carbocycles. The number of nitrogens with zero attached hydrogens (tertiary/aromatic N) is 3. The van der Waals surface area contributed by atoms with E-state index in [1.54, 1.807) is 12.1 Å².